The highest BCUT2D eigenvalue weighted by molar-refractivity contribution is 7.92. The molecule has 8 nitrogen and oxygen atoms in total. The maximum absolute atomic E-state index is 14.2. The molecule has 3 rings (SSSR count). The number of amides is 2. The molecule has 0 saturated heterocycles. The van der Waals surface area contributed by atoms with E-state index in [0.29, 0.717) is 39.5 Å². The van der Waals surface area contributed by atoms with Crippen LogP contribution >= 0.6 is 34.8 Å². The quantitative estimate of drug-likeness (QED) is 0.203. The second-order valence-electron chi connectivity index (χ2n) is 10.2. The third-order valence-electron chi connectivity index (χ3n) is 6.58. The topological polar surface area (TPSA) is 96.0 Å². The van der Waals surface area contributed by atoms with E-state index >= 15 is 0 Å². The van der Waals surface area contributed by atoms with Crippen molar-refractivity contribution in [3.05, 3.63) is 87.4 Å². The first-order valence-electron chi connectivity index (χ1n) is 13.9. The summed E-state index contributed by atoms with van der Waals surface area (Å²) in [6.07, 6.45) is 0.269. The summed E-state index contributed by atoms with van der Waals surface area (Å²) < 4.78 is 34.5. The summed E-state index contributed by atoms with van der Waals surface area (Å²) in [6.45, 7) is 7.68. The molecule has 0 aliphatic carbocycles. The van der Waals surface area contributed by atoms with Gasteiger partial charge in [0.15, 0.2) is 0 Å². The van der Waals surface area contributed by atoms with Crippen LogP contribution in [-0.2, 0) is 26.2 Å². The van der Waals surface area contributed by atoms with Crippen molar-refractivity contribution in [2.75, 3.05) is 24.0 Å². The van der Waals surface area contributed by atoms with Crippen molar-refractivity contribution in [3.63, 3.8) is 0 Å². The van der Waals surface area contributed by atoms with Gasteiger partial charge in [-0.05, 0) is 79.9 Å². The molecule has 12 heteroatoms. The molecule has 43 heavy (non-hydrogen) atoms. The number of hydrogen-bond donors (Lipinski definition) is 1. The molecular weight excluding hydrogens is 633 g/mol. The first kappa shape index (κ1) is 34.5. The lowest BCUT2D eigenvalue weighted by Crippen LogP contribution is -2.52. The van der Waals surface area contributed by atoms with Gasteiger partial charge in [-0.2, -0.15) is 0 Å². The zero-order valence-corrected chi connectivity index (χ0v) is 27.6. The number of nitrogens with zero attached hydrogens (tertiary/aromatic N) is 2. The molecule has 0 spiro atoms. The van der Waals surface area contributed by atoms with Crippen LogP contribution < -0.4 is 14.4 Å². The number of carbonyl (C=O) groups excluding carboxylic acids is 2. The number of anilines is 1. The van der Waals surface area contributed by atoms with Crippen molar-refractivity contribution in [1.82, 2.24) is 10.2 Å². The first-order chi connectivity index (χ1) is 20.4. The van der Waals surface area contributed by atoms with Gasteiger partial charge in [-0.1, -0.05) is 61.6 Å². The minimum atomic E-state index is -4.25. The monoisotopic (exact) mass is 667 g/mol. The fourth-order valence-corrected chi connectivity index (χ4v) is 6.39. The van der Waals surface area contributed by atoms with E-state index in [2.05, 4.69) is 5.32 Å². The molecule has 0 aliphatic heterocycles. The van der Waals surface area contributed by atoms with Crippen LogP contribution in [0.25, 0.3) is 0 Å². The van der Waals surface area contributed by atoms with Crippen molar-refractivity contribution in [1.29, 1.82) is 0 Å². The second kappa shape index (κ2) is 15.7. The molecule has 0 radical (unpaired) electrons. The number of halogens is 3. The van der Waals surface area contributed by atoms with Gasteiger partial charge >= 0.3 is 0 Å². The van der Waals surface area contributed by atoms with E-state index in [-0.39, 0.29) is 35.4 Å². The van der Waals surface area contributed by atoms with Crippen LogP contribution in [0, 0.1) is 5.92 Å². The number of rotatable bonds is 14. The number of hydrogen-bond acceptors (Lipinski definition) is 5. The molecule has 1 N–H and O–H groups in total. The third kappa shape index (κ3) is 9.01. The van der Waals surface area contributed by atoms with Gasteiger partial charge in [-0.15, -0.1) is 0 Å². The highest BCUT2D eigenvalue weighted by Crippen LogP contribution is 2.30. The van der Waals surface area contributed by atoms with Gasteiger partial charge in [0.2, 0.25) is 11.8 Å². The number of ether oxygens (including phenoxy) is 1. The summed E-state index contributed by atoms with van der Waals surface area (Å²) in [4.78, 5) is 28.8. The average molecular weight is 669 g/mol. The van der Waals surface area contributed by atoms with Gasteiger partial charge in [0.1, 0.15) is 18.3 Å². The van der Waals surface area contributed by atoms with E-state index in [1.54, 1.807) is 49.4 Å². The molecule has 0 unspecified atom stereocenters. The average Bonchev–Trinajstić information content (AvgIpc) is 2.97. The Balaban J connectivity index is 2.09. The van der Waals surface area contributed by atoms with Crippen molar-refractivity contribution >= 4 is 62.3 Å². The predicted octanol–water partition coefficient (Wildman–Crippen LogP) is 6.82. The van der Waals surface area contributed by atoms with Crippen LogP contribution in [-0.4, -0.2) is 50.9 Å². The van der Waals surface area contributed by atoms with Gasteiger partial charge in [0.25, 0.3) is 10.0 Å². The highest BCUT2D eigenvalue weighted by atomic mass is 35.5. The summed E-state index contributed by atoms with van der Waals surface area (Å²) in [6, 6.07) is 16.1. The molecule has 0 bridgehead atoms. The molecule has 232 valence electrons. The Labute approximate surface area is 268 Å². The second-order valence-corrected chi connectivity index (χ2v) is 13.3. The lowest BCUT2D eigenvalue weighted by Gasteiger charge is -2.33. The molecule has 0 saturated carbocycles. The van der Waals surface area contributed by atoms with Crippen molar-refractivity contribution in [2.45, 2.75) is 51.6 Å². The number of nitrogens with one attached hydrogen (secondary N) is 1. The Morgan fingerprint density at radius 2 is 1.51 bits per heavy atom. The SMILES string of the molecule is CCOc1ccc(N(CC(=O)N(Cc2c(Cl)cccc2Cl)[C@H](CC)C(=O)NCC(C)C)S(=O)(=O)c2ccc(Cl)cc2)cc1. The van der Waals surface area contributed by atoms with E-state index in [1.807, 2.05) is 20.8 Å². The maximum Gasteiger partial charge on any atom is 0.264 e. The summed E-state index contributed by atoms with van der Waals surface area (Å²) in [5, 5.41) is 3.89. The molecule has 0 heterocycles. The highest BCUT2D eigenvalue weighted by Gasteiger charge is 2.34. The predicted molar refractivity (Wildman–Crippen MR) is 173 cm³/mol. The largest absolute Gasteiger partial charge is 0.494 e. The number of sulfonamides is 1. The summed E-state index contributed by atoms with van der Waals surface area (Å²) in [7, 11) is -4.25. The van der Waals surface area contributed by atoms with Gasteiger partial charge in [0, 0.05) is 33.7 Å². The Hall–Kier alpha value is -2.98. The van der Waals surface area contributed by atoms with Crippen LogP contribution in [0.5, 0.6) is 5.75 Å². The van der Waals surface area contributed by atoms with Crippen LogP contribution in [0.4, 0.5) is 5.69 Å². The van der Waals surface area contributed by atoms with E-state index in [9.17, 15) is 18.0 Å². The van der Waals surface area contributed by atoms with E-state index < -0.39 is 28.5 Å². The smallest absolute Gasteiger partial charge is 0.264 e. The van der Waals surface area contributed by atoms with Gasteiger partial charge in [-0.3, -0.25) is 13.9 Å². The first-order valence-corrected chi connectivity index (χ1v) is 16.5. The lowest BCUT2D eigenvalue weighted by atomic mass is 10.1. The zero-order chi connectivity index (χ0) is 31.7. The van der Waals surface area contributed by atoms with Crippen LogP contribution in [0.1, 0.15) is 39.7 Å². The van der Waals surface area contributed by atoms with Crippen LogP contribution in [0.15, 0.2) is 71.6 Å². The Morgan fingerprint density at radius 3 is 2.05 bits per heavy atom. The molecule has 0 aromatic heterocycles. The molecule has 3 aromatic carbocycles. The van der Waals surface area contributed by atoms with Gasteiger partial charge in [-0.25, -0.2) is 8.42 Å². The van der Waals surface area contributed by atoms with E-state index in [0.717, 1.165) is 4.31 Å². The number of benzene rings is 3. The third-order valence-corrected chi connectivity index (χ3v) is 9.33. The van der Waals surface area contributed by atoms with Crippen molar-refractivity contribution in [2.24, 2.45) is 5.92 Å². The molecule has 2 amide bonds. The minimum absolute atomic E-state index is 0.0546. The minimum Gasteiger partial charge on any atom is -0.494 e. The molecule has 3 aromatic rings. The standard InChI is InChI=1S/C31H36Cl3N3O5S/c1-5-29(31(39)35-18-21(3)4)36(19-26-27(33)8-7-9-28(26)34)30(38)20-37(23-12-14-24(15-13-23)42-6-2)43(40,41)25-16-10-22(32)11-17-25/h7-17,21,29H,5-6,18-20H2,1-4H3,(H,35,39)/t29-/m1/s1. The molecule has 0 fully saturated rings. The normalized spacial score (nSPS) is 12.1. The zero-order valence-electron chi connectivity index (χ0n) is 24.5. The van der Waals surface area contributed by atoms with Gasteiger partial charge < -0.3 is 15.0 Å². The fraction of sp³-hybridized carbons (Fsp3) is 0.355. The van der Waals surface area contributed by atoms with E-state index in [1.165, 1.54) is 29.2 Å². The van der Waals surface area contributed by atoms with Gasteiger partial charge in [0.05, 0.1) is 17.2 Å². The summed E-state index contributed by atoms with van der Waals surface area (Å²) >= 11 is 18.9. The van der Waals surface area contributed by atoms with Crippen molar-refractivity contribution in [3.8, 4) is 5.75 Å². The van der Waals surface area contributed by atoms with Crippen LogP contribution in [0.2, 0.25) is 15.1 Å². The molecule has 0 aliphatic rings. The Bertz CT molecular complexity index is 1480. The maximum atomic E-state index is 14.2. The molecule has 1 atom stereocenters. The Kier molecular flexibility index (Phi) is 12.6. The summed E-state index contributed by atoms with van der Waals surface area (Å²) in [5.74, 6) is -0.248. The van der Waals surface area contributed by atoms with E-state index in [4.69, 9.17) is 39.5 Å². The van der Waals surface area contributed by atoms with Crippen molar-refractivity contribution < 1.29 is 22.7 Å². The number of carbonyl (C=O) groups is 2. The lowest BCUT2D eigenvalue weighted by molar-refractivity contribution is -0.140. The fourth-order valence-electron chi connectivity index (χ4n) is 4.33. The molecular formula is C31H36Cl3N3O5S. The van der Waals surface area contributed by atoms with Crippen LogP contribution in [0.3, 0.4) is 0 Å². The summed E-state index contributed by atoms with van der Waals surface area (Å²) in [5.41, 5.74) is 0.683. The Morgan fingerprint density at radius 1 is 0.907 bits per heavy atom.